The van der Waals surface area contributed by atoms with Gasteiger partial charge in [0.2, 0.25) is 0 Å². The third-order valence-electron chi connectivity index (χ3n) is 2.19. The van der Waals surface area contributed by atoms with Gasteiger partial charge in [-0.3, -0.25) is 0 Å². The van der Waals surface area contributed by atoms with Gasteiger partial charge >= 0.3 is 12.4 Å². The summed E-state index contributed by atoms with van der Waals surface area (Å²) in [6.07, 6.45) is -15.5. The molecule has 0 fully saturated rings. The molecule has 0 aromatic heterocycles. The standard InChI is InChI=1S/C10H7BrF7NO/c11-6-4(3-19)1-2-5(7(6)12)20-8(9(13,14)15)10(16,17)18/h1-2,8H,3,19H2. The minimum atomic E-state index is -5.72. The molecule has 1 aromatic carbocycles. The van der Waals surface area contributed by atoms with Crippen LogP contribution in [0.3, 0.4) is 0 Å². The maximum Gasteiger partial charge on any atom is 0.434 e. The van der Waals surface area contributed by atoms with Crippen LogP contribution >= 0.6 is 15.9 Å². The molecule has 10 heteroatoms. The highest BCUT2D eigenvalue weighted by Crippen LogP contribution is 2.38. The Hall–Kier alpha value is -1.03. The van der Waals surface area contributed by atoms with Gasteiger partial charge in [-0.2, -0.15) is 26.3 Å². The number of ether oxygens (including phenoxy) is 1. The van der Waals surface area contributed by atoms with Crippen LogP contribution in [0, 0.1) is 5.82 Å². The summed E-state index contributed by atoms with van der Waals surface area (Å²) in [7, 11) is 0. The van der Waals surface area contributed by atoms with Crippen molar-refractivity contribution in [3.05, 3.63) is 28.0 Å². The van der Waals surface area contributed by atoms with E-state index in [9.17, 15) is 30.7 Å². The van der Waals surface area contributed by atoms with Crippen LogP contribution in [-0.4, -0.2) is 18.5 Å². The molecular formula is C10H7BrF7NO. The predicted molar refractivity (Wildman–Crippen MR) is 58.5 cm³/mol. The van der Waals surface area contributed by atoms with E-state index in [0.717, 1.165) is 6.07 Å². The number of rotatable bonds is 3. The maximum absolute atomic E-state index is 13.6. The fourth-order valence-corrected chi connectivity index (χ4v) is 1.76. The molecule has 0 spiro atoms. The Bertz CT molecular complexity index is 472. The number of hydrogen-bond acceptors (Lipinski definition) is 2. The van der Waals surface area contributed by atoms with Crippen molar-refractivity contribution >= 4 is 15.9 Å². The third-order valence-corrected chi connectivity index (χ3v) is 3.04. The first-order valence-electron chi connectivity index (χ1n) is 4.95. The smallest absolute Gasteiger partial charge is 0.434 e. The fourth-order valence-electron chi connectivity index (χ4n) is 1.27. The molecule has 0 atom stereocenters. The quantitative estimate of drug-likeness (QED) is 0.819. The van der Waals surface area contributed by atoms with E-state index in [-0.39, 0.29) is 16.6 Å². The molecule has 0 radical (unpaired) electrons. The Balaban J connectivity index is 3.17. The van der Waals surface area contributed by atoms with Crippen LogP contribution in [0.15, 0.2) is 16.6 Å². The van der Waals surface area contributed by atoms with E-state index in [0.29, 0.717) is 6.07 Å². The Morgan fingerprint density at radius 1 is 1.10 bits per heavy atom. The molecule has 0 amide bonds. The highest BCUT2D eigenvalue weighted by atomic mass is 79.9. The van der Waals surface area contributed by atoms with Crippen molar-refractivity contribution in [2.75, 3.05) is 0 Å². The number of benzene rings is 1. The van der Waals surface area contributed by atoms with Crippen molar-refractivity contribution in [3.8, 4) is 5.75 Å². The molecule has 0 heterocycles. The summed E-state index contributed by atoms with van der Waals surface area (Å²) in [5.74, 6) is -2.56. The fraction of sp³-hybridized carbons (Fsp3) is 0.400. The van der Waals surface area contributed by atoms with Gasteiger partial charge in [0.1, 0.15) is 0 Å². The summed E-state index contributed by atoms with van der Waals surface area (Å²) in [5.41, 5.74) is 5.38. The third kappa shape index (κ3) is 3.75. The van der Waals surface area contributed by atoms with E-state index in [1.807, 2.05) is 0 Å². The first-order valence-corrected chi connectivity index (χ1v) is 5.74. The van der Waals surface area contributed by atoms with Gasteiger partial charge in [0.25, 0.3) is 6.10 Å². The highest BCUT2D eigenvalue weighted by molar-refractivity contribution is 9.10. The van der Waals surface area contributed by atoms with Crippen LogP contribution in [0.1, 0.15) is 5.56 Å². The summed E-state index contributed by atoms with van der Waals surface area (Å²) < 4.78 is 90.7. The van der Waals surface area contributed by atoms with Gasteiger partial charge in [-0.25, -0.2) is 4.39 Å². The zero-order chi connectivity index (χ0) is 15.7. The lowest BCUT2D eigenvalue weighted by molar-refractivity contribution is -0.300. The van der Waals surface area contributed by atoms with Crippen LogP contribution in [-0.2, 0) is 6.54 Å². The summed E-state index contributed by atoms with van der Waals surface area (Å²) >= 11 is 2.68. The van der Waals surface area contributed by atoms with Gasteiger partial charge in [-0.1, -0.05) is 6.07 Å². The summed E-state index contributed by atoms with van der Waals surface area (Å²) in [5, 5.41) is 0. The SMILES string of the molecule is NCc1ccc(OC(C(F)(F)F)C(F)(F)F)c(F)c1Br. The van der Waals surface area contributed by atoms with Crippen LogP contribution < -0.4 is 10.5 Å². The molecule has 1 aromatic rings. The second-order valence-electron chi connectivity index (χ2n) is 3.64. The van der Waals surface area contributed by atoms with Crippen molar-refractivity contribution in [3.63, 3.8) is 0 Å². The Morgan fingerprint density at radius 3 is 2.00 bits per heavy atom. The largest absolute Gasteiger partial charge is 0.468 e. The van der Waals surface area contributed by atoms with Crippen LogP contribution in [0.4, 0.5) is 30.7 Å². The van der Waals surface area contributed by atoms with Gasteiger partial charge in [0, 0.05) is 6.54 Å². The predicted octanol–water partition coefficient (Wildman–Crippen LogP) is 3.92. The Labute approximate surface area is 116 Å². The average molecular weight is 370 g/mol. The van der Waals surface area contributed by atoms with Gasteiger partial charge in [-0.15, -0.1) is 0 Å². The van der Waals surface area contributed by atoms with Crippen LogP contribution in [0.2, 0.25) is 0 Å². The van der Waals surface area contributed by atoms with Crippen molar-refractivity contribution < 1.29 is 35.5 Å². The summed E-state index contributed by atoms with van der Waals surface area (Å²) in [6, 6.07) is 1.72. The second-order valence-corrected chi connectivity index (χ2v) is 4.43. The lowest BCUT2D eigenvalue weighted by Gasteiger charge is -2.24. The minimum absolute atomic E-state index is 0.153. The van der Waals surface area contributed by atoms with E-state index in [1.54, 1.807) is 0 Å². The van der Waals surface area contributed by atoms with Crippen LogP contribution in [0.25, 0.3) is 0 Å². The number of hydrogen-bond donors (Lipinski definition) is 1. The molecule has 114 valence electrons. The second kappa shape index (κ2) is 5.76. The van der Waals surface area contributed by atoms with E-state index in [4.69, 9.17) is 5.73 Å². The molecule has 0 unspecified atom stereocenters. The molecule has 0 bridgehead atoms. The normalized spacial score (nSPS) is 12.9. The molecule has 0 aliphatic heterocycles. The van der Waals surface area contributed by atoms with Gasteiger partial charge < -0.3 is 10.5 Å². The van der Waals surface area contributed by atoms with Crippen molar-refractivity contribution in [1.82, 2.24) is 0 Å². The molecule has 20 heavy (non-hydrogen) atoms. The molecule has 1 rings (SSSR count). The Morgan fingerprint density at radius 2 is 1.60 bits per heavy atom. The molecular weight excluding hydrogens is 363 g/mol. The monoisotopic (exact) mass is 369 g/mol. The first-order chi connectivity index (χ1) is 8.98. The number of nitrogens with two attached hydrogens (primary N) is 1. The van der Waals surface area contributed by atoms with E-state index < -0.39 is 30.0 Å². The minimum Gasteiger partial charge on any atom is -0.468 e. The highest BCUT2D eigenvalue weighted by Gasteiger charge is 2.59. The number of halogens is 8. The molecule has 2 nitrogen and oxygen atoms in total. The summed E-state index contributed by atoms with van der Waals surface area (Å²) in [4.78, 5) is 0. The lowest BCUT2D eigenvalue weighted by atomic mass is 10.2. The van der Waals surface area contributed by atoms with E-state index in [2.05, 4.69) is 20.7 Å². The lowest BCUT2D eigenvalue weighted by Crippen LogP contribution is -2.46. The van der Waals surface area contributed by atoms with Gasteiger partial charge in [-0.05, 0) is 27.6 Å². The molecule has 0 saturated carbocycles. The molecule has 0 saturated heterocycles. The number of alkyl halides is 6. The van der Waals surface area contributed by atoms with Crippen LogP contribution in [0.5, 0.6) is 5.75 Å². The van der Waals surface area contributed by atoms with Gasteiger partial charge in [0.15, 0.2) is 11.6 Å². The molecule has 0 aliphatic carbocycles. The first kappa shape index (κ1) is 17.0. The topological polar surface area (TPSA) is 35.2 Å². The molecule has 0 aliphatic rings. The van der Waals surface area contributed by atoms with Crippen molar-refractivity contribution in [1.29, 1.82) is 0 Å². The van der Waals surface area contributed by atoms with Crippen molar-refractivity contribution in [2.24, 2.45) is 5.73 Å². The zero-order valence-electron chi connectivity index (χ0n) is 9.45. The zero-order valence-corrected chi connectivity index (χ0v) is 11.0. The van der Waals surface area contributed by atoms with Crippen molar-refractivity contribution in [2.45, 2.75) is 25.0 Å². The molecule has 2 N–H and O–H groups in total. The van der Waals surface area contributed by atoms with E-state index >= 15 is 0 Å². The van der Waals surface area contributed by atoms with Gasteiger partial charge in [0.05, 0.1) is 4.47 Å². The summed E-state index contributed by atoms with van der Waals surface area (Å²) in [6.45, 7) is -0.153. The maximum atomic E-state index is 13.6. The average Bonchev–Trinajstić information content (AvgIpc) is 2.28. The Kier molecular flexibility index (Phi) is 4.90. The van der Waals surface area contributed by atoms with E-state index in [1.165, 1.54) is 0 Å².